The Hall–Kier alpha value is -2.37. The number of quaternary nitrogens is 1. The number of unbranched alkanes of at least 4 members (excludes halogenated alkanes) is 2. The molecule has 1 aliphatic heterocycles. The topological polar surface area (TPSA) is 53.8 Å². The number of rotatable bonds is 9. The monoisotopic (exact) mass is 431 g/mol. The van der Waals surface area contributed by atoms with Gasteiger partial charge in [-0.1, -0.05) is 56.2 Å². The van der Waals surface area contributed by atoms with Crippen LogP contribution in [0.3, 0.4) is 0 Å². The summed E-state index contributed by atoms with van der Waals surface area (Å²) < 4.78 is 20.0. The van der Waals surface area contributed by atoms with Crippen LogP contribution in [0.5, 0.6) is 11.5 Å². The van der Waals surface area contributed by atoms with E-state index in [0.29, 0.717) is 23.4 Å². The Morgan fingerprint density at radius 2 is 1.83 bits per heavy atom. The van der Waals surface area contributed by atoms with Gasteiger partial charge in [0.2, 0.25) is 5.78 Å². The van der Waals surface area contributed by atoms with E-state index in [1.165, 1.54) is 35.2 Å². The van der Waals surface area contributed by atoms with E-state index in [2.05, 4.69) is 13.8 Å². The highest BCUT2D eigenvalue weighted by Crippen LogP contribution is 2.38. The predicted molar refractivity (Wildman–Crippen MR) is 114 cm³/mol. The Morgan fingerprint density at radius 1 is 1.13 bits per heavy atom. The molecule has 0 unspecified atom stereocenters. The van der Waals surface area contributed by atoms with E-state index in [9.17, 15) is 14.3 Å². The number of hydrogen-bond acceptors (Lipinski definition) is 3. The lowest BCUT2D eigenvalue weighted by atomic mass is 10.0. The number of ketones is 1. The Bertz CT molecular complexity index is 929. The van der Waals surface area contributed by atoms with E-state index >= 15 is 0 Å². The fourth-order valence-electron chi connectivity index (χ4n) is 3.64. The molecule has 0 spiro atoms. The number of ether oxygens (including phenoxy) is 1. The molecule has 3 rings (SSSR count). The molecule has 0 amide bonds. The molecule has 1 aliphatic rings. The van der Waals surface area contributed by atoms with Gasteiger partial charge in [-0.2, -0.15) is 0 Å². The van der Waals surface area contributed by atoms with Crippen molar-refractivity contribution < 1.29 is 23.9 Å². The molecule has 30 heavy (non-hydrogen) atoms. The van der Waals surface area contributed by atoms with Gasteiger partial charge in [-0.3, -0.25) is 4.79 Å². The molecule has 0 saturated carbocycles. The molecular weight excluding hydrogens is 405 g/mol. The molecule has 0 aliphatic carbocycles. The Morgan fingerprint density at radius 3 is 2.47 bits per heavy atom. The summed E-state index contributed by atoms with van der Waals surface area (Å²) in [6.45, 7) is 6.71. The highest BCUT2D eigenvalue weighted by atomic mass is 35.5. The van der Waals surface area contributed by atoms with Gasteiger partial charge in [-0.15, -0.1) is 0 Å². The maximum atomic E-state index is 14.2. The standard InChI is InChI=1S/C24H27ClFNO3/c1-3-5-12-27(13-6-4-2)15-18-21(28)11-10-16-23(29)22(30-24(16)18)14-17-19(25)8-7-9-20(17)26/h7-11,14,28H,3-6,12-13,15H2,1-2H3. The number of allylic oxidation sites excluding steroid dienone is 1. The second-order valence-corrected chi connectivity index (χ2v) is 8.04. The Balaban J connectivity index is 1.93. The third kappa shape index (κ3) is 4.85. The molecule has 0 bridgehead atoms. The first-order valence-corrected chi connectivity index (χ1v) is 10.9. The van der Waals surface area contributed by atoms with Gasteiger partial charge in [-0.05, 0) is 37.1 Å². The van der Waals surface area contributed by atoms with Crippen LogP contribution in [0.2, 0.25) is 5.02 Å². The number of Topliss-reactive ketones (excluding diaryl/α,β-unsaturated/α-hetero) is 1. The molecule has 1 heterocycles. The Kier molecular flexibility index (Phi) is 7.51. The number of halogens is 2. The number of nitrogens with one attached hydrogen (secondary N) is 1. The van der Waals surface area contributed by atoms with Gasteiger partial charge >= 0.3 is 0 Å². The van der Waals surface area contributed by atoms with Crippen LogP contribution in [0.4, 0.5) is 4.39 Å². The van der Waals surface area contributed by atoms with Gasteiger partial charge in [0.15, 0.2) is 5.76 Å². The summed E-state index contributed by atoms with van der Waals surface area (Å²) in [6.07, 6.45) is 5.61. The van der Waals surface area contributed by atoms with Gasteiger partial charge in [0, 0.05) is 11.1 Å². The fraction of sp³-hybridized carbons (Fsp3) is 0.375. The molecular formula is C24H27ClFNO3. The van der Waals surface area contributed by atoms with E-state index in [1.807, 2.05) is 0 Å². The van der Waals surface area contributed by atoms with Crippen LogP contribution in [0, 0.1) is 5.82 Å². The third-order valence-electron chi connectivity index (χ3n) is 5.37. The first-order chi connectivity index (χ1) is 14.5. The van der Waals surface area contributed by atoms with E-state index < -0.39 is 5.82 Å². The highest BCUT2D eigenvalue weighted by Gasteiger charge is 2.31. The van der Waals surface area contributed by atoms with Gasteiger partial charge in [0.05, 0.1) is 23.7 Å². The quantitative estimate of drug-likeness (QED) is 0.607. The second kappa shape index (κ2) is 10.1. The average Bonchev–Trinajstić information content (AvgIpc) is 3.04. The van der Waals surface area contributed by atoms with Crippen molar-refractivity contribution in [3.05, 3.63) is 63.6 Å². The lowest BCUT2D eigenvalue weighted by Gasteiger charge is -2.23. The summed E-state index contributed by atoms with van der Waals surface area (Å²) in [6, 6.07) is 7.23. The van der Waals surface area contributed by atoms with Crippen molar-refractivity contribution in [2.45, 2.75) is 46.1 Å². The highest BCUT2D eigenvalue weighted by molar-refractivity contribution is 6.32. The summed E-state index contributed by atoms with van der Waals surface area (Å²) in [7, 11) is 0. The summed E-state index contributed by atoms with van der Waals surface area (Å²) in [5.41, 5.74) is 0.942. The molecule has 2 aromatic rings. The summed E-state index contributed by atoms with van der Waals surface area (Å²) in [5.74, 6) is -0.766. The van der Waals surface area contributed by atoms with Crippen molar-refractivity contribution in [3.8, 4) is 11.5 Å². The predicted octanol–water partition coefficient (Wildman–Crippen LogP) is 4.15. The smallest absolute Gasteiger partial charge is 0.231 e. The van der Waals surface area contributed by atoms with E-state index in [4.69, 9.17) is 16.3 Å². The Labute approximate surface area is 181 Å². The maximum Gasteiger partial charge on any atom is 0.231 e. The second-order valence-electron chi connectivity index (χ2n) is 7.63. The zero-order chi connectivity index (χ0) is 21.7. The molecule has 6 heteroatoms. The van der Waals surface area contributed by atoms with Crippen LogP contribution in [0.15, 0.2) is 36.1 Å². The van der Waals surface area contributed by atoms with Crippen LogP contribution in [0.1, 0.15) is 61.0 Å². The molecule has 1 N–H and O–H groups in total. The van der Waals surface area contributed by atoms with Crippen LogP contribution >= 0.6 is 11.6 Å². The van der Waals surface area contributed by atoms with Crippen LogP contribution in [-0.2, 0) is 6.54 Å². The van der Waals surface area contributed by atoms with Gasteiger partial charge in [-0.25, -0.2) is 4.39 Å². The molecule has 160 valence electrons. The molecule has 2 aromatic carbocycles. The van der Waals surface area contributed by atoms with Gasteiger partial charge in [0.1, 0.15) is 18.1 Å². The molecule has 0 radical (unpaired) electrons. The molecule has 0 fully saturated rings. The summed E-state index contributed by atoms with van der Waals surface area (Å²) >= 11 is 6.08. The lowest BCUT2D eigenvalue weighted by Crippen LogP contribution is -3.10. The lowest BCUT2D eigenvalue weighted by molar-refractivity contribution is -0.914. The number of benzene rings is 2. The third-order valence-corrected chi connectivity index (χ3v) is 5.70. The molecule has 0 saturated heterocycles. The van der Waals surface area contributed by atoms with Crippen LogP contribution < -0.4 is 14.7 Å². The number of hydrogen-bond donors (Lipinski definition) is 1. The zero-order valence-electron chi connectivity index (χ0n) is 17.4. The number of carbonyl (C=O) groups excluding carboxylic acids is 1. The summed E-state index contributed by atoms with van der Waals surface area (Å²) in [5, 5.41) is 12.8. The zero-order valence-corrected chi connectivity index (χ0v) is 18.2. The van der Waals surface area contributed by atoms with Crippen molar-refractivity contribution in [1.82, 2.24) is 0 Å². The normalized spacial score (nSPS) is 14.4. The largest absolute Gasteiger partial charge is 0.872 e. The van der Waals surface area contributed by atoms with E-state index in [-0.39, 0.29) is 27.9 Å². The van der Waals surface area contributed by atoms with Crippen molar-refractivity contribution in [2.75, 3.05) is 13.1 Å². The average molecular weight is 432 g/mol. The van der Waals surface area contributed by atoms with Crippen molar-refractivity contribution >= 4 is 23.5 Å². The van der Waals surface area contributed by atoms with E-state index in [1.54, 1.807) is 6.07 Å². The molecule has 4 nitrogen and oxygen atoms in total. The van der Waals surface area contributed by atoms with Gasteiger partial charge < -0.3 is 14.7 Å². The van der Waals surface area contributed by atoms with Crippen LogP contribution in [0.25, 0.3) is 6.08 Å². The minimum atomic E-state index is -0.540. The van der Waals surface area contributed by atoms with Gasteiger partial charge in [0.25, 0.3) is 0 Å². The minimum absolute atomic E-state index is 0.0208. The van der Waals surface area contributed by atoms with Crippen LogP contribution in [-0.4, -0.2) is 18.9 Å². The fourth-order valence-corrected chi connectivity index (χ4v) is 3.86. The first kappa shape index (κ1) is 22.3. The number of fused-ring (bicyclic) bond motifs is 1. The first-order valence-electron chi connectivity index (χ1n) is 10.5. The van der Waals surface area contributed by atoms with Crippen molar-refractivity contribution in [2.24, 2.45) is 0 Å². The number of carbonyl (C=O) groups is 1. The minimum Gasteiger partial charge on any atom is -0.872 e. The SMILES string of the molecule is CCCC[NH+](CCCC)Cc1c([O-])ccc2c1OC(=Cc1c(F)cccc1Cl)C2=O. The molecule has 0 aromatic heterocycles. The summed E-state index contributed by atoms with van der Waals surface area (Å²) in [4.78, 5) is 14.2. The van der Waals surface area contributed by atoms with Crippen molar-refractivity contribution in [1.29, 1.82) is 0 Å². The molecule has 0 atom stereocenters. The maximum absolute atomic E-state index is 14.2. The van der Waals surface area contributed by atoms with E-state index in [0.717, 1.165) is 38.8 Å². The van der Waals surface area contributed by atoms with Crippen molar-refractivity contribution in [3.63, 3.8) is 0 Å².